The van der Waals surface area contributed by atoms with Crippen molar-refractivity contribution in [3.63, 3.8) is 0 Å². The Hall–Kier alpha value is -0.910. The first-order valence-electron chi connectivity index (χ1n) is 7.37. The minimum absolute atomic E-state index is 0.212. The van der Waals surface area contributed by atoms with Crippen molar-refractivity contribution >= 4 is 17.2 Å². The molecule has 1 aromatic heterocycles. The second kappa shape index (κ2) is 6.24. The molecule has 2 atom stereocenters. The number of rotatable bonds is 4. The molecular weight excluding hydrogens is 272 g/mol. The van der Waals surface area contributed by atoms with Crippen LogP contribution in [0.4, 0.5) is 0 Å². The summed E-state index contributed by atoms with van der Waals surface area (Å²) < 4.78 is 5.45. The molecule has 0 saturated heterocycles. The minimum atomic E-state index is 0.212. The number of nitrogens with zero attached hydrogens (tertiary/aromatic N) is 1. The van der Waals surface area contributed by atoms with E-state index in [4.69, 9.17) is 4.74 Å². The Morgan fingerprint density at radius 3 is 3.30 bits per heavy atom. The SMILES string of the molecule is COC1CCCC1NCC(=O)N1CCc2sccc2C1. The van der Waals surface area contributed by atoms with Crippen molar-refractivity contribution in [1.29, 1.82) is 0 Å². The van der Waals surface area contributed by atoms with Crippen LogP contribution in [0.2, 0.25) is 0 Å². The number of amides is 1. The fourth-order valence-corrected chi connectivity index (χ4v) is 4.12. The summed E-state index contributed by atoms with van der Waals surface area (Å²) in [6.07, 6.45) is 4.67. The fourth-order valence-electron chi connectivity index (χ4n) is 3.23. The third kappa shape index (κ3) is 2.90. The molecule has 1 fully saturated rings. The van der Waals surface area contributed by atoms with Gasteiger partial charge in [-0.15, -0.1) is 11.3 Å². The molecule has 2 unspecified atom stereocenters. The molecule has 3 rings (SSSR count). The van der Waals surface area contributed by atoms with Gasteiger partial charge in [0.05, 0.1) is 12.6 Å². The van der Waals surface area contributed by atoms with Crippen LogP contribution in [-0.2, 0) is 22.5 Å². The molecule has 1 aliphatic heterocycles. The molecule has 1 aromatic rings. The molecule has 2 aliphatic rings. The predicted octanol–water partition coefficient (Wildman–Crippen LogP) is 1.79. The molecule has 1 amide bonds. The summed E-state index contributed by atoms with van der Waals surface area (Å²) in [5.74, 6) is 0.212. The van der Waals surface area contributed by atoms with Crippen LogP contribution in [0.25, 0.3) is 0 Å². The van der Waals surface area contributed by atoms with E-state index in [1.165, 1.54) is 16.9 Å². The number of ether oxygens (including phenoxy) is 1. The van der Waals surface area contributed by atoms with E-state index < -0.39 is 0 Å². The Morgan fingerprint density at radius 1 is 1.55 bits per heavy atom. The van der Waals surface area contributed by atoms with Crippen LogP contribution in [-0.4, -0.2) is 43.2 Å². The second-order valence-corrected chi connectivity index (χ2v) is 6.63. The molecule has 1 aliphatic carbocycles. The number of thiophene rings is 1. The van der Waals surface area contributed by atoms with Crippen LogP contribution < -0.4 is 5.32 Å². The van der Waals surface area contributed by atoms with E-state index in [-0.39, 0.29) is 12.0 Å². The van der Waals surface area contributed by atoms with Crippen LogP contribution in [0.5, 0.6) is 0 Å². The van der Waals surface area contributed by atoms with Crippen LogP contribution in [0.3, 0.4) is 0 Å². The summed E-state index contributed by atoms with van der Waals surface area (Å²) >= 11 is 1.81. The Kier molecular flexibility index (Phi) is 4.38. The van der Waals surface area contributed by atoms with Crippen molar-refractivity contribution in [1.82, 2.24) is 10.2 Å². The number of methoxy groups -OCH3 is 1. The van der Waals surface area contributed by atoms with Crippen molar-refractivity contribution < 1.29 is 9.53 Å². The Morgan fingerprint density at radius 2 is 2.45 bits per heavy atom. The highest BCUT2D eigenvalue weighted by Gasteiger charge is 2.28. The normalized spacial score (nSPS) is 25.8. The molecule has 1 saturated carbocycles. The summed E-state index contributed by atoms with van der Waals surface area (Å²) in [6.45, 7) is 2.06. The van der Waals surface area contributed by atoms with Gasteiger partial charge in [0, 0.05) is 31.1 Å². The molecule has 2 heterocycles. The van der Waals surface area contributed by atoms with Gasteiger partial charge in [0.25, 0.3) is 0 Å². The Labute approximate surface area is 124 Å². The monoisotopic (exact) mass is 294 g/mol. The Bertz CT molecular complexity index is 474. The third-order valence-corrected chi connectivity index (χ3v) is 5.45. The van der Waals surface area contributed by atoms with E-state index in [1.54, 1.807) is 18.4 Å². The standard InChI is InChI=1S/C15H22N2O2S/c1-19-13-4-2-3-12(13)16-9-15(18)17-7-5-14-11(10-17)6-8-20-14/h6,8,12-13,16H,2-5,7,9-10H2,1H3. The zero-order chi connectivity index (χ0) is 13.9. The van der Waals surface area contributed by atoms with Gasteiger partial charge in [-0.2, -0.15) is 0 Å². The Balaban J connectivity index is 1.50. The molecular formula is C15H22N2O2S. The topological polar surface area (TPSA) is 41.6 Å². The maximum atomic E-state index is 12.3. The van der Waals surface area contributed by atoms with Crippen LogP contribution >= 0.6 is 11.3 Å². The van der Waals surface area contributed by atoms with E-state index in [9.17, 15) is 4.79 Å². The first kappa shape index (κ1) is 14.0. The largest absolute Gasteiger partial charge is 0.380 e. The quantitative estimate of drug-likeness (QED) is 0.920. The summed E-state index contributed by atoms with van der Waals surface area (Å²) in [5, 5.41) is 5.51. The van der Waals surface area contributed by atoms with Gasteiger partial charge >= 0.3 is 0 Å². The van der Waals surface area contributed by atoms with Gasteiger partial charge in [0.1, 0.15) is 0 Å². The zero-order valence-corrected chi connectivity index (χ0v) is 12.7. The zero-order valence-electron chi connectivity index (χ0n) is 11.9. The van der Waals surface area contributed by atoms with E-state index in [2.05, 4.69) is 16.8 Å². The first-order valence-corrected chi connectivity index (χ1v) is 8.25. The smallest absolute Gasteiger partial charge is 0.236 e. The average molecular weight is 294 g/mol. The summed E-state index contributed by atoms with van der Waals surface area (Å²) in [7, 11) is 1.76. The highest BCUT2D eigenvalue weighted by molar-refractivity contribution is 7.10. The molecule has 0 bridgehead atoms. The first-order chi connectivity index (χ1) is 9.78. The number of carbonyl (C=O) groups is 1. The van der Waals surface area contributed by atoms with Gasteiger partial charge in [0.2, 0.25) is 5.91 Å². The van der Waals surface area contributed by atoms with Crippen molar-refractivity contribution in [2.75, 3.05) is 20.2 Å². The molecule has 20 heavy (non-hydrogen) atoms. The minimum Gasteiger partial charge on any atom is -0.380 e. The van der Waals surface area contributed by atoms with Gasteiger partial charge < -0.3 is 15.0 Å². The van der Waals surface area contributed by atoms with Crippen LogP contribution in [0.15, 0.2) is 11.4 Å². The van der Waals surface area contributed by atoms with Crippen LogP contribution in [0.1, 0.15) is 29.7 Å². The number of carbonyl (C=O) groups excluding carboxylic acids is 1. The molecule has 110 valence electrons. The summed E-state index contributed by atoms with van der Waals surface area (Å²) in [4.78, 5) is 15.7. The predicted molar refractivity (Wildman–Crippen MR) is 79.9 cm³/mol. The number of fused-ring (bicyclic) bond motifs is 1. The van der Waals surface area contributed by atoms with Gasteiger partial charge in [0.15, 0.2) is 0 Å². The summed E-state index contributed by atoms with van der Waals surface area (Å²) in [5.41, 5.74) is 1.32. The van der Waals surface area contributed by atoms with Crippen molar-refractivity contribution in [3.05, 3.63) is 21.9 Å². The molecule has 5 heteroatoms. The lowest BCUT2D eigenvalue weighted by Crippen LogP contribution is -2.45. The maximum Gasteiger partial charge on any atom is 0.236 e. The van der Waals surface area contributed by atoms with E-state index >= 15 is 0 Å². The molecule has 4 nitrogen and oxygen atoms in total. The van der Waals surface area contributed by atoms with Crippen molar-refractivity contribution in [2.45, 2.75) is 44.4 Å². The van der Waals surface area contributed by atoms with E-state index in [0.717, 1.165) is 32.4 Å². The van der Waals surface area contributed by atoms with Gasteiger partial charge in [-0.25, -0.2) is 0 Å². The second-order valence-electron chi connectivity index (χ2n) is 5.63. The van der Waals surface area contributed by atoms with Gasteiger partial charge in [-0.3, -0.25) is 4.79 Å². The lowest BCUT2D eigenvalue weighted by Gasteiger charge is -2.28. The average Bonchev–Trinajstić information content (AvgIpc) is 3.12. The number of hydrogen-bond acceptors (Lipinski definition) is 4. The summed E-state index contributed by atoms with van der Waals surface area (Å²) in [6, 6.07) is 2.48. The van der Waals surface area contributed by atoms with Crippen LogP contribution in [0, 0.1) is 0 Å². The number of nitrogens with one attached hydrogen (secondary N) is 1. The third-order valence-electron chi connectivity index (χ3n) is 4.43. The highest BCUT2D eigenvalue weighted by Crippen LogP contribution is 2.24. The maximum absolute atomic E-state index is 12.3. The fraction of sp³-hybridized carbons (Fsp3) is 0.667. The lowest BCUT2D eigenvalue weighted by molar-refractivity contribution is -0.131. The molecule has 0 radical (unpaired) electrons. The van der Waals surface area contributed by atoms with Crippen molar-refractivity contribution in [2.24, 2.45) is 0 Å². The van der Waals surface area contributed by atoms with Gasteiger partial charge in [-0.05, 0) is 42.7 Å². The van der Waals surface area contributed by atoms with E-state index in [0.29, 0.717) is 12.6 Å². The van der Waals surface area contributed by atoms with E-state index in [1.807, 2.05) is 4.90 Å². The highest BCUT2D eigenvalue weighted by atomic mass is 32.1. The molecule has 1 N–H and O–H groups in total. The van der Waals surface area contributed by atoms with Crippen molar-refractivity contribution in [3.8, 4) is 0 Å². The molecule has 0 spiro atoms. The molecule has 0 aromatic carbocycles. The number of hydrogen-bond donors (Lipinski definition) is 1. The lowest BCUT2D eigenvalue weighted by atomic mass is 10.1. The van der Waals surface area contributed by atoms with Gasteiger partial charge in [-0.1, -0.05) is 0 Å².